The van der Waals surface area contributed by atoms with E-state index in [2.05, 4.69) is 22.4 Å². The third kappa shape index (κ3) is 5.37. The minimum Gasteiger partial charge on any atom is -0.374 e. The van der Waals surface area contributed by atoms with Gasteiger partial charge in [0, 0.05) is 34.1 Å². The maximum atomic E-state index is 14.2. The SMILES string of the molecule is C=CCNC(=O)CNC(=O)c1ccc(C2=NOC(c3cc(Cl)cc(Cl)c3)(C(F)(F)F)C2)cc1C. The molecule has 0 radical (unpaired) electrons. The topological polar surface area (TPSA) is 79.8 Å². The average molecular weight is 514 g/mol. The molecule has 0 bridgehead atoms. The van der Waals surface area contributed by atoms with E-state index in [0.717, 1.165) is 12.1 Å². The molecule has 1 aliphatic rings. The fourth-order valence-corrected chi connectivity index (χ4v) is 3.97. The monoisotopic (exact) mass is 513 g/mol. The molecule has 0 saturated carbocycles. The first kappa shape index (κ1) is 25.6. The molecular weight excluding hydrogens is 494 g/mol. The van der Waals surface area contributed by atoms with Gasteiger partial charge in [-0.2, -0.15) is 13.2 Å². The van der Waals surface area contributed by atoms with Crippen LogP contribution >= 0.6 is 23.2 Å². The van der Waals surface area contributed by atoms with Crippen LogP contribution in [0.5, 0.6) is 0 Å². The number of alkyl halides is 3. The number of rotatable bonds is 7. The van der Waals surface area contributed by atoms with Crippen LogP contribution in [0.1, 0.15) is 33.5 Å². The van der Waals surface area contributed by atoms with Crippen molar-refractivity contribution in [1.29, 1.82) is 0 Å². The lowest BCUT2D eigenvalue weighted by atomic mass is 9.86. The van der Waals surface area contributed by atoms with Gasteiger partial charge in [-0.05, 0) is 48.4 Å². The molecule has 2 amide bonds. The van der Waals surface area contributed by atoms with Crippen LogP contribution in [-0.2, 0) is 15.2 Å². The number of nitrogens with zero attached hydrogens (tertiary/aromatic N) is 1. The highest BCUT2D eigenvalue weighted by molar-refractivity contribution is 6.34. The van der Waals surface area contributed by atoms with Gasteiger partial charge in [-0.25, -0.2) is 0 Å². The first-order valence-corrected chi connectivity index (χ1v) is 10.8. The second-order valence-corrected chi connectivity index (χ2v) is 8.47. The van der Waals surface area contributed by atoms with Crippen molar-refractivity contribution in [1.82, 2.24) is 10.6 Å². The second-order valence-electron chi connectivity index (χ2n) is 7.59. The third-order valence-electron chi connectivity index (χ3n) is 5.17. The smallest absolute Gasteiger partial charge is 0.374 e. The lowest BCUT2D eigenvalue weighted by molar-refractivity contribution is -0.275. The Morgan fingerprint density at radius 1 is 1.18 bits per heavy atom. The van der Waals surface area contributed by atoms with Crippen LogP contribution < -0.4 is 10.6 Å². The van der Waals surface area contributed by atoms with Gasteiger partial charge in [0.15, 0.2) is 0 Å². The van der Waals surface area contributed by atoms with Crippen LogP contribution in [0, 0.1) is 6.92 Å². The highest BCUT2D eigenvalue weighted by atomic mass is 35.5. The molecule has 0 fully saturated rings. The summed E-state index contributed by atoms with van der Waals surface area (Å²) in [5.41, 5.74) is -1.86. The van der Waals surface area contributed by atoms with Crippen molar-refractivity contribution >= 4 is 40.7 Å². The quantitative estimate of drug-likeness (QED) is 0.516. The normalized spacial score (nSPS) is 17.5. The molecule has 2 N–H and O–H groups in total. The number of carbonyl (C=O) groups excluding carboxylic acids is 2. The van der Waals surface area contributed by atoms with E-state index in [4.69, 9.17) is 28.0 Å². The molecule has 6 nitrogen and oxygen atoms in total. The van der Waals surface area contributed by atoms with Gasteiger partial charge in [-0.15, -0.1) is 6.58 Å². The zero-order valence-corrected chi connectivity index (χ0v) is 19.4. The first-order chi connectivity index (χ1) is 16.0. The number of benzene rings is 2. The fourth-order valence-electron chi connectivity index (χ4n) is 3.45. The van der Waals surface area contributed by atoms with E-state index >= 15 is 0 Å². The Balaban J connectivity index is 1.81. The number of halogens is 5. The molecule has 1 atom stereocenters. The van der Waals surface area contributed by atoms with Gasteiger partial charge in [-0.3, -0.25) is 9.59 Å². The molecule has 1 aliphatic heterocycles. The maximum absolute atomic E-state index is 14.2. The van der Waals surface area contributed by atoms with E-state index in [0.29, 0.717) is 11.1 Å². The summed E-state index contributed by atoms with van der Waals surface area (Å²) in [4.78, 5) is 29.1. The number of carbonyl (C=O) groups is 2. The van der Waals surface area contributed by atoms with Gasteiger partial charge >= 0.3 is 6.18 Å². The third-order valence-corrected chi connectivity index (χ3v) is 5.61. The Hall–Kier alpha value is -3.04. The largest absolute Gasteiger partial charge is 0.435 e. The first-order valence-electron chi connectivity index (χ1n) is 10.0. The predicted molar refractivity (Wildman–Crippen MR) is 123 cm³/mol. The van der Waals surface area contributed by atoms with Crippen molar-refractivity contribution in [2.75, 3.05) is 13.1 Å². The van der Waals surface area contributed by atoms with Crippen LogP contribution in [0.25, 0.3) is 0 Å². The van der Waals surface area contributed by atoms with E-state index in [1.807, 2.05) is 0 Å². The van der Waals surface area contributed by atoms with E-state index in [-0.39, 0.29) is 45.9 Å². The molecule has 0 aliphatic carbocycles. The van der Waals surface area contributed by atoms with Crippen molar-refractivity contribution in [3.63, 3.8) is 0 Å². The number of nitrogens with one attached hydrogen (secondary N) is 2. The molecule has 2 aromatic rings. The number of hydrogen-bond donors (Lipinski definition) is 2. The van der Waals surface area contributed by atoms with Crippen molar-refractivity contribution in [3.05, 3.63) is 81.4 Å². The molecule has 34 heavy (non-hydrogen) atoms. The molecule has 11 heteroatoms. The Morgan fingerprint density at radius 3 is 2.44 bits per heavy atom. The summed E-state index contributed by atoms with van der Waals surface area (Å²) in [7, 11) is 0. The van der Waals surface area contributed by atoms with E-state index in [1.165, 1.54) is 30.3 Å². The van der Waals surface area contributed by atoms with Crippen molar-refractivity contribution in [2.45, 2.75) is 25.1 Å². The van der Waals surface area contributed by atoms with Gasteiger partial charge in [0.25, 0.3) is 11.5 Å². The minimum absolute atomic E-state index is 0.0348. The summed E-state index contributed by atoms with van der Waals surface area (Å²) >= 11 is 11.8. The van der Waals surface area contributed by atoms with Crippen LogP contribution in [0.2, 0.25) is 10.0 Å². The van der Waals surface area contributed by atoms with Crippen LogP contribution in [0.3, 0.4) is 0 Å². The van der Waals surface area contributed by atoms with E-state index in [9.17, 15) is 22.8 Å². The molecule has 0 saturated heterocycles. The summed E-state index contributed by atoms with van der Waals surface area (Å²) in [6.07, 6.45) is -3.92. The van der Waals surface area contributed by atoms with Gasteiger partial charge in [0.05, 0.1) is 12.3 Å². The number of aryl methyl sites for hydroxylation is 1. The summed E-state index contributed by atoms with van der Waals surface area (Å²) in [5, 5.41) is 8.80. The fraction of sp³-hybridized carbons (Fsp3) is 0.261. The van der Waals surface area contributed by atoms with Crippen molar-refractivity contribution < 1.29 is 27.6 Å². The van der Waals surface area contributed by atoms with E-state index in [1.54, 1.807) is 6.92 Å². The zero-order chi connectivity index (χ0) is 25.1. The highest BCUT2D eigenvalue weighted by Crippen LogP contribution is 2.49. The predicted octanol–water partition coefficient (Wildman–Crippen LogP) is 4.92. The molecular formula is C23H20Cl2F3N3O3. The number of oxime groups is 1. The van der Waals surface area contributed by atoms with Crippen LogP contribution in [0.4, 0.5) is 13.2 Å². The van der Waals surface area contributed by atoms with E-state index < -0.39 is 24.1 Å². The second kappa shape index (κ2) is 10.1. The maximum Gasteiger partial charge on any atom is 0.435 e. The molecule has 180 valence electrons. The van der Waals surface area contributed by atoms with Crippen LogP contribution in [-0.4, -0.2) is 36.8 Å². The lowest BCUT2D eigenvalue weighted by Crippen LogP contribution is -2.42. The molecule has 3 rings (SSSR count). The van der Waals surface area contributed by atoms with Gasteiger partial charge in [-0.1, -0.05) is 40.5 Å². The molecule has 1 unspecified atom stereocenters. The average Bonchev–Trinajstić information content (AvgIpc) is 3.22. The summed E-state index contributed by atoms with van der Waals surface area (Å²) in [5.74, 6) is -0.884. The zero-order valence-electron chi connectivity index (χ0n) is 17.9. The molecule has 0 aromatic heterocycles. The van der Waals surface area contributed by atoms with Gasteiger partial charge < -0.3 is 15.5 Å². The van der Waals surface area contributed by atoms with Gasteiger partial charge in [0.2, 0.25) is 5.91 Å². The standard InChI is InChI=1S/C23H20Cl2F3N3O3/c1-3-6-29-20(32)12-30-21(33)18-5-4-14(7-13(18)2)19-11-22(34-31-19,23(26,27)28)15-8-16(24)10-17(25)9-15/h3-5,7-10H,1,6,11-12H2,2H3,(H,29,32)(H,30,33). The number of hydrogen-bond acceptors (Lipinski definition) is 4. The molecule has 2 aromatic carbocycles. The van der Waals surface area contributed by atoms with Gasteiger partial charge in [0.1, 0.15) is 0 Å². The lowest BCUT2D eigenvalue weighted by Gasteiger charge is -2.29. The van der Waals surface area contributed by atoms with Crippen LogP contribution in [0.15, 0.2) is 54.2 Å². The summed E-state index contributed by atoms with van der Waals surface area (Å²) in [6.45, 7) is 5.15. The molecule has 0 spiro atoms. The minimum atomic E-state index is -4.81. The summed E-state index contributed by atoms with van der Waals surface area (Å²) < 4.78 is 42.5. The Bertz CT molecular complexity index is 1150. The highest BCUT2D eigenvalue weighted by Gasteiger charge is 2.62. The van der Waals surface area contributed by atoms with Crippen molar-refractivity contribution in [3.8, 4) is 0 Å². The Kier molecular flexibility index (Phi) is 7.57. The van der Waals surface area contributed by atoms with Crippen molar-refractivity contribution in [2.24, 2.45) is 5.16 Å². The summed E-state index contributed by atoms with van der Waals surface area (Å²) in [6, 6.07) is 8.07. The molecule has 1 heterocycles. The number of amides is 2. The Morgan fingerprint density at radius 2 is 1.85 bits per heavy atom. The Labute approximate surface area is 203 Å².